The van der Waals surface area contributed by atoms with Crippen LogP contribution in [-0.2, 0) is 0 Å². The molecule has 0 bridgehead atoms. The Morgan fingerprint density at radius 3 is 2.88 bits per heavy atom. The maximum absolute atomic E-state index is 13.1. The number of nitrogens with zero attached hydrogens (tertiary/aromatic N) is 2. The molecule has 84 valence electrons. The Morgan fingerprint density at radius 2 is 2.25 bits per heavy atom. The maximum atomic E-state index is 13.1. The minimum atomic E-state index is -0.615. The highest BCUT2D eigenvalue weighted by atomic mass is 19.1. The molecule has 3 rings (SSSR count). The Balaban J connectivity index is 2.28. The number of aromatic nitrogens is 2. The van der Waals surface area contributed by atoms with Crippen molar-refractivity contribution in [1.82, 2.24) is 9.55 Å². The molecular formula is C12H13FN2O. The molecule has 1 N–H and O–H groups in total. The van der Waals surface area contributed by atoms with Crippen molar-refractivity contribution in [2.24, 2.45) is 0 Å². The third-order valence-electron chi connectivity index (χ3n) is 2.96. The zero-order valence-electron chi connectivity index (χ0n) is 9.02. The van der Waals surface area contributed by atoms with Crippen LogP contribution in [-0.4, -0.2) is 14.7 Å². The van der Waals surface area contributed by atoms with E-state index in [0.29, 0.717) is 17.4 Å². The van der Waals surface area contributed by atoms with Crippen LogP contribution in [0.4, 0.5) is 4.39 Å². The number of halogens is 1. The quantitative estimate of drug-likeness (QED) is 0.844. The second-order valence-corrected chi connectivity index (χ2v) is 4.38. The van der Waals surface area contributed by atoms with Crippen molar-refractivity contribution in [3.63, 3.8) is 0 Å². The summed E-state index contributed by atoms with van der Waals surface area (Å²) in [6, 6.07) is 5.02. The van der Waals surface area contributed by atoms with Crippen LogP contribution in [0.25, 0.3) is 11.0 Å². The van der Waals surface area contributed by atoms with Gasteiger partial charge in [0.2, 0.25) is 0 Å². The van der Waals surface area contributed by atoms with Gasteiger partial charge in [-0.2, -0.15) is 0 Å². The summed E-state index contributed by atoms with van der Waals surface area (Å²) in [7, 11) is 0. The number of hydrogen-bond acceptors (Lipinski definition) is 2. The molecule has 16 heavy (non-hydrogen) atoms. The lowest BCUT2D eigenvalue weighted by Gasteiger charge is -2.08. The van der Waals surface area contributed by atoms with E-state index in [1.54, 1.807) is 13.0 Å². The molecule has 1 heterocycles. The summed E-state index contributed by atoms with van der Waals surface area (Å²) < 4.78 is 15.1. The Morgan fingerprint density at radius 1 is 1.50 bits per heavy atom. The summed E-state index contributed by atoms with van der Waals surface area (Å²) in [6.45, 7) is 1.69. The monoisotopic (exact) mass is 220 g/mol. The summed E-state index contributed by atoms with van der Waals surface area (Å²) >= 11 is 0. The van der Waals surface area contributed by atoms with Crippen molar-refractivity contribution in [3.8, 4) is 0 Å². The highest BCUT2D eigenvalue weighted by Crippen LogP contribution is 2.39. The lowest BCUT2D eigenvalue weighted by molar-refractivity contribution is 0.184. The molecule has 0 saturated heterocycles. The molecule has 1 aliphatic rings. The molecule has 1 unspecified atom stereocenters. The zero-order chi connectivity index (χ0) is 11.3. The molecule has 1 aromatic heterocycles. The summed E-state index contributed by atoms with van der Waals surface area (Å²) in [5, 5.41) is 9.67. The second kappa shape index (κ2) is 3.28. The molecular weight excluding hydrogens is 207 g/mol. The van der Waals surface area contributed by atoms with Crippen molar-refractivity contribution in [2.45, 2.75) is 31.9 Å². The van der Waals surface area contributed by atoms with E-state index in [1.165, 1.54) is 12.1 Å². The first-order chi connectivity index (χ1) is 7.66. The molecule has 1 aliphatic carbocycles. The maximum Gasteiger partial charge on any atom is 0.138 e. The Hall–Kier alpha value is -1.42. The van der Waals surface area contributed by atoms with Crippen LogP contribution in [0.3, 0.4) is 0 Å². The van der Waals surface area contributed by atoms with E-state index in [1.807, 2.05) is 4.57 Å². The first-order valence-corrected chi connectivity index (χ1v) is 5.52. The fourth-order valence-electron chi connectivity index (χ4n) is 2.10. The number of fused-ring (bicyclic) bond motifs is 1. The minimum Gasteiger partial charge on any atom is -0.385 e. The van der Waals surface area contributed by atoms with Gasteiger partial charge in [-0.05, 0) is 31.9 Å². The topological polar surface area (TPSA) is 38.1 Å². The summed E-state index contributed by atoms with van der Waals surface area (Å²) in [5.41, 5.74) is 1.54. The predicted octanol–water partition coefficient (Wildman–Crippen LogP) is 2.56. The van der Waals surface area contributed by atoms with E-state index >= 15 is 0 Å². The molecule has 1 atom stereocenters. The average molecular weight is 220 g/mol. The molecule has 3 nitrogen and oxygen atoms in total. The minimum absolute atomic E-state index is 0.287. The SMILES string of the molecule is CC(O)c1nc2cc(F)ccc2n1C1CC1. The standard InChI is InChI=1S/C12H13FN2O/c1-7(16)12-14-10-6-8(13)2-5-11(10)15(12)9-3-4-9/h2,5-7,9,16H,3-4H2,1H3. The normalized spacial score (nSPS) is 17.9. The van der Waals surface area contributed by atoms with Gasteiger partial charge in [-0.15, -0.1) is 0 Å². The van der Waals surface area contributed by atoms with Gasteiger partial charge >= 0.3 is 0 Å². The van der Waals surface area contributed by atoms with Gasteiger partial charge in [-0.1, -0.05) is 0 Å². The molecule has 2 aromatic rings. The van der Waals surface area contributed by atoms with Crippen LogP contribution in [0.15, 0.2) is 18.2 Å². The van der Waals surface area contributed by atoms with E-state index in [4.69, 9.17) is 0 Å². The predicted molar refractivity (Wildman–Crippen MR) is 58.6 cm³/mol. The number of imidazole rings is 1. The number of hydrogen-bond donors (Lipinski definition) is 1. The van der Waals surface area contributed by atoms with Crippen LogP contribution in [0.5, 0.6) is 0 Å². The van der Waals surface area contributed by atoms with Gasteiger partial charge < -0.3 is 9.67 Å². The summed E-state index contributed by atoms with van der Waals surface area (Å²) in [4.78, 5) is 4.31. The number of benzene rings is 1. The summed E-state index contributed by atoms with van der Waals surface area (Å²) in [6.07, 6.45) is 1.61. The van der Waals surface area contributed by atoms with E-state index in [9.17, 15) is 9.50 Å². The Bertz CT molecular complexity index is 543. The van der Waals surface area contributed by atoms with Crippen LogP contribution in [0, 0.1) is 5.82 Å². The molecule has 4 heteroatoms. The van der Waals surface area contributed by atoms with Crippen molar-refractivity contribution in [1.29, 1.82) is 0 Å². The number of aliphatic hydroxyl groups excluding tert-OH is 1. The third-order valence-corrected chi connectivity index (χ3v) is 2.96. The van der Waals surface area contributed by atoms with E-state index in [0.717, 1.165) is 18.4 Å². The van der Waals surface area contributed by atoms with E-state index < -0.39 is 6.10 Å². The first-order valence-electron chi connectivity index (χ1n) is 5.52. The van der Waals surface area contributed by atoms with Crippen LogP contribution >= 0.6 is 0 Å². The average Bonchev–Trinajstić information content (AvgIpc) is 2.99. The molecule has 0 radical (unpaired) electrons. The molecule has 1 fully saturated rings. The highest BCUT2D eigenvalue weighted by molar-refractivity contribution is 5.76. The van der Waals surface area contributed by atoms with E-state index in [-0.39, 0.29) is 5.82 Å². The van der Waals surface area contributed by atoms with Gasteiger partial charge in [-0.25, -0.2) is 9.37 Å². The lowest BCUT2D eigenvalue weighted by atomic mass is 10.3. The van der Waals surface area contributed by atoms with Crippen molar-refractivity contribution < 1.29 is 9.50 Å². The Labute approximate surface area is 92.5 Å². The Kier molecular flexibility index (Phi) is 2.01. The van der Waals surface area contributed by atoms with Crippen molar-refractivity contribution in [2.75, 3.05) is 0 Å². The lowest BCUT2D eigenvalue weighted by Crippen LogP contribution is -2.04. The molecule has 0 aliphatic heterocycles. The van der Waals surface area contributed by atoms with Gasteiger partial charge in [-0.3, -0.25) is 0 Å². The summed E-state index contributed by atoms with van der Waals surface area (Å²) in [5.74, 6) is 0.355. The zero-order valence-corrected chi connectivity index (χ0v) is 9.02. The van der Waals surface area contributed by atoms with Gasteiger partial charge in [0.05, 0.1) is 11.0 Å². The van der Waals surface area contributed by atoms with Gasteiger partial charge in [0.15, 0.2) is 0 Å². The molecule has 1 saturated carbocycles. The van der Waals surface area contributed by atoms with Crippen molar-refractivity contribution >= 4 is 11.0 Å². The molecule has 0 spiro atoms. The van der Waals surface area contributed by atoms with E-state index in [2.05, 4.69) is 4.98 Å². The largest absolute Gasteiger partial charge is 0.385 e. The second-order valence-electron chi connectivity index (χ2n) is 4.38. The highest BCUT2D eigenvalue weighted by Gasteiger charge is 2.29. The van der Waals surface area contributed by atoms with Crippen LogP contribution < -0.4 is 0 Å². The fourth-order valence-corrected chi connectivity index (χ4v) is 2.10. The van der Waals surface area contributed by atoms with Gasteiger partial charge in [0.25, 0.3) is 0 Å². The number of rotatable bonds is 2. The van der Waals surface area contributed by atoms with Crippen LogP contribution in [0.1, 0.15) is 37.7 Å². The van der Waals surface area contributed by atoms with Gasteiger partial charge in [0.1, 0.15) is 17.7 Å². The van der Waals surface area contributed by atoms with Crippen LogP contribution in [0.2, 0.25) is 0 Å². The molecule has 0 amide bonds. The first kappa shape index (κ1) is 9.78. The molecule has 1 aromatic carbocycles. The van der Waals surface area contributed by atoms with Crippen molar-refractivity contribution in [3.05, 3.63) is 29.8 Å². The third kappa shape index (κ3) is 1.41. The fraction of sp³-hybridized carbons (Fsp3) is 0.417. The van der Waals surface area contributed by atoms with Gasteiger partial charge in [0, 0.05) is 12.1 Å². The number of aliphatic hydroxyl groups is 1. The smallest absolute Gasteiger partial charge is 0.138 e.